The van der Waals surface area contributed by atoms with Gasteiger partial charge in [0.2, 0.25) is 6.79 Å². The minimum absolute atomic E-state index is 0.260. The fraction of sp³-hybridized carbons (Fsp3) is 0.294. The summed E-state index contributed by atoms with van der Waals surface area (Å²) >= 11 is 0. The van der Waals surface area contributed by atoms with Crippen molar-refractivity contribution < 1.29 is 19.3 Å². The highest BCUT2D eigenvalue weighted by molar-refractivity contribution is 5.48. The first kappa shape index (κ1) is 14.7. The molecule has 22 heavy (non-hydrogen) atoms. The van der Waals surface area contributed by atoms with E-state index in [4.69, 9.17) is 14.2 Å². The molecule has 2 aromatic carbocycles. The van der Waals surface area contributed by atoms with Crippen LogP contribution in [0, 0.1) is 0 Å². The molecule has 0 saturated carbocycles. The first-order valence-corrected chi connectivity index (χ1v) is 7.19. The van der Waals surface area contributed by atoms with Gasteiger partial charge in [0.05, 0.1) is 13.2 Å². The van der Waals surface area contributed by atoms with Crippen LogP contribution in [-0.2, 0) is 6.54 Å². The van der Waals surface area contributed by atoms with E-state index in [2.05, 4.69) is 5.32 Å². The molecule has 116 valence electrons. The summed E-state index contributed by atoms with van der Waals surface area (Å²) in [4.78, 5) is 0. The van der Waals surface area contributed by atoms with E-state index in [-0.39, 0.29) is 6.79 Å². The summed E-state index contributed by atoms with van der Waals surface area (Å²) in [7, 11) is 1.60. The minimum atomic E-state index is -0.634. The van der Waals surface area contributed by atoms with Crippen molar-refractivity contribution in [3.63, 3.8) is 0 Å². The lowest BCUT2D eigenvalue weighted by Crippen LogP contribution is -2.21. The first-order valence-electron chi connectivity index (χ1n) is 7.19. The Labute approximate surface area is 129 Å². The van der Waals surface area contributed by atoms with Crippen molar-refractivity contribution in [2.75, 3.05) is 20.4 Å². The maximum Gasteiger partial charge on any atom is 0.231 e. The SMILES string of the molecule is COc1ccccc1[C@H](O)CNCc1cccc2c1OCO2. The van der Waals surface area contributed by atoms with Gasteiger partial charge in [-0.25, -0.2) is 0 Å². The molecule has 0 aromatic heterocycles. The minimum Gasteiger partial charge on any atom is -0.496 e. The standard InChI is InChI=1S/C17H19NO4/c1-20-15-7-3-2-6-13(15)14(19)10-18-9-12-5-4-8-16-17(12)22-11-21-16/h2-8,14,18-19H,9-11H2,1H3/t14-/m1/s1. The highest BCUT2D eigenvalue weighted by Crippen LogP contribution is 2.35. The normalized spacial score (nSPS) is 13.9. The monoisotopic (exact) mass is 301 g/mol. The number of aliphatic hydroxyl groups is 1. The zero-order valence-electron chi connectivity index (χ0n) is 12.4. The maximum absolute atomic E-state index is 10.3. The molecule has 2 aromatic rings. The van der Waals surface area contributed by atoms with Crippen molar-refractivity contribution in [1.82, 2.24) is 5.32 Å². The van der Waals surface area contributed by atoms with E-state index in [1.165, 1.54) is 0 Å². The van der Waals surface area contributed by atoms with Crippen LogP contribution in [0.1, 0.15) is 17.2 Å². The molecule has 0 fully saturated rings. The van der Waals surface area contributed by atoms with Gasteiger partial charge in [0.1, 0.15) is 5.75 Å². The summed E-state index contributed by atoms with van der Waals surface area (Å²) in [5, 5.41) is 13.5. The number of para-hydroxylation sites is 2. The van der Waals surface area contributed by atoms with Crippen LogP contribution in [0.2, 0.25) is 0 Å². The van der Waals surface area contributed by atoms with Gasteiger partial charge in [0, 0.05) is 24.2 Å². The van der Waals surface area contributed by atoms with Crippen molar-refractivity contribution in [1.29, 1.82) is 0 Å². The van der Waals surface area contributed by atoms with Gasteiger partial charge >= 0.3 is 0 Å². The highest BCUT2D eigenvalue weighted by atomic mass is 16.7. The molecule has 3 rings (SSSR count). The maximum atomic E-state index is 10.3. The molecular weight excluding hydrogens is 282 g/mol. The predicted molar refractivity (Wildman–Crippen MR) is 82.2 cm³/mol. The number of benzene rings is 2. The smallest absolute Gasteiger partial charge is 0.231 e. The third-order valence-corrected chi connectivity index (χ3v) is 3.63. The van der Waals surface area contributed by atoms with Crippen LogP contribution < -0.4 is 19.5 Å². The molecule has 2 N–H and O–H groups in total. The summed E-state index contributed by atoms with van der Waals surface area (Å²) in [6.07, 6.45) is -0.634. The van der Waals surface area contributed by atoms with Crippen LogP contribution in [0.15, 0.2) is 42.5 Å². The van der Waals surface area contributed by atoms with Gasteiger partial charge in [-0.2, -0.15) is 0 Å². The molecule has 0 aliphatic carbocycles. The summed E-state index contributed by atoms with van der Waals surface area (Å²) < 4.78 is 16.1. The van der Waals surface area contributed by atoms with Gasteiger partial charge in [-0.1, -0.05) is 30.3 Å². The Morgan fingerprint density at radius 1 is 1.18 bits per heavy atom. The van der Waals surface area contributed by atoms with E-state index >= 15 is 0 Å². The number of hydrogen-bond acceptors (Lipinski definition) is 5. The second-order valence-corrected chi connectivity index (χ2v) is 5.04. The third kappa shape index (κ3) is 3.00. The quantitative estimate of drug-likeness (QED) is 0.857. The lowest BCUT2D eigenvalue weighted by Gasteiger charge is -2.15. The van der Waals surface area contributed by atoms with Crippen LogP contribution in [0.4, 0.5) is 0 Å². The van der Waals surface area contributed by atoms with Crippen LogP contribution in [0.5, 0.6) is 17.2 Å². The van der Waals surface area contributed by atoms with E-state index in [1.807, 2.05) is 42.5 Å². The van der Waals surface area contributed by atoms with Crippen molar-refractivity contribution in [3.05, 3.63) is 53.6 Å². The Hall–Kier alpha value is -2.24. The number of nitrogens with one attached hydrogen (secondary N) is 1. The zero-order chi connectivity index (χ0) is 15.4. The molecule has 0 saturated heterocycles. The molecule has 0 spiro atoms. The average molecular weight is 301 g/mol. The van der Waals surface area contributed by atoms with Crippen LogP contribution >= 0.6 is 0 Å². The first-order chi connectivity index (χ1) is 10.8. The Morgan fingerprint density at radius 3 is 2.91 bits per heavy atom. The number of ether oxygens (including phenoxy) is 3. The molecule has 5 nitrogen and oxygen atoms in total. The fourth-order valence-electron chi connectivity index (χ4n) is 2.53. The number of aliphatic hydroxyl groups excluding tert-OH is 1. The number of rotatable bonds is 6. The van der Waals surface area contributed by atoms with Crippen LogP contribution in [0.25, 0.3) is 0 Å². The predicted octanol–water partition coefficient (Wildman–Crippen LogP) is 2.25. The molecule has 1 atom stereocenters. The van der Waals surface area contributed by atoms with E-state index < -0.39 is 6.10 Å². The Kier molecular flexibility index (Phi) is 4.46. The van der Waals surface area contributed by atoms with Gasteiger partial charge in [0.25, 0.3) is 0 Å². The number of methoxy groups -OCH3 is 1. The van der Waals surface area contributed by atoms with E-state index in [0.29, 0.717) is 18.8 Å². The molecule has 0 bridgehead atoms. The van der Waals surface area contributed by atoms with E-state index in [9.17, 15) is 5.11 Å². The molecule has 0 radical (unpaired) electrons. The van der Waals surface area contributed by atoms with Crippen LogP contribution in [0.3, 0.4) is 0 Å². The summed E-state index contributed by atoms with van der Waals surface area (Å²) in [5.74, 6) is 2.24. The zero-order valence-corrected chi connectivity index (χ0v) is 12.4. The molecule has 1 aliphatic rings. The van der Waals surface area contributed by atoms with Gasteiger partial charge < -0.3 is 24.6 Å². The molecule has 1 heterocycles. The molecule has 0 amide bonds. The summed E-state index contributed by atoms with van der Waals surface area (Å²) in [6.45, 7) is 1.28. The third-order valence-electron chi connectivity index (χ3n) is 3.63. The fourth-order valence-corrected chi connectivity index (χ4v) is 2.53. The Balaban J connectivity index is 1.60. The Bertz CT molecular complexity index is 644. The average Bonchev–Trinajstić information content (AvgIpc) is 3.04. The molecular formula is C17H19NO4. The van der Waals surface area contributed by atoms with E-state index in [0.717, 1.165) is 22.6 Å². The molecule has 1 aliphatic heterocycles. The second-order valence-electron chi connectivity index (χ2n) is 5.04. The summed E-state index contributed by atoms with van der Waals surface area (Å²) in [5.41, 5.74) is 1.79. The van der Waals surface area contributed by atoms with Crippen molar-refractivity contribution in [3.8, 4) is 17.2 Å². The second kappa shape index (κ2) is 6.68. The lowest BCUT2D eigenvalue weighted by molar-refractivity contribution is 0.168. The topological polar surface area (TPSA) is 60.0 Å². The van der Waals surface area contributed by atoms with Gasteiger partial charge in [-0.3, -0.25) is 0 Å². The highest BCUT2D eigenvalue weighted by Gasteiger charge is 2.17. The van der Waals surface area contributed by atoms with Gasteiger partial charge in [-0.05, 0) is 12.1 Å². The van der Waals surface area contributed by atoms with Crippen LogP contribution in [-0.4, -0.2) is 25.6 Å². The van der Waals surface area contributed by atoms with Gasteiger partial charge in [-0.15, -0.1) is 0 Å². The molecule has 5 heteroatoms. The van der Waals surface area contributed by atoms with Crippen molar-refractivity contribution >= 4 is 0 Å². The number of hydrogen-bond donors (Lipinski definition) is 2. The Morgan fingerprint density at radius 2 is 2.05 bits per heavy atom. The van der Waals surface area contributed by atoms with E-state index in [1.54, 1.807) is 7.11 Å². The van der Waals surface area contributed by atoms with Crippen molar-refractivity contribution in [2.45, 2.75) is 12.6 Å². The van der Waals surface area contributed by atoms with Gasteiger partial charge in [0.15, 0.2) is 11.5 Å². The van der Waals surface area contributed by atoms with Crippen molar-refractivity contribution in [2.24, 2.45) is 0 Å². The number of fused-ring (bicyclic) bond motifs is 1. The largest absolute Gasteiger partial charge is 0.496 e. The summed E-state index contributed by atoms with van der Waals surface area (Å²) in [6, 6.07) is 13.3. The molecule has 0 unspecified atom stereocenters. The lowest BCUT2D eigenvalue weighted by atomic mass is 10.1.